The van der Waals surface area contributed by atoms with Crippen LogP contribution in [0.4, 0.5) is 0 Å². The minimum atomic E-state index is -0.121. The SMILES string of the molecule is Cc1cc(C)c(OCC(=O)NCCc2cccc(Cl)c2)cc1C. The van der Waals surface area contributed by atoms with Crippen LogP contribution in [0.1, 0.15) is 22.3 Å². The van der Waals surface area contributed by atoms with Crippen molar-refractivity contribution in [3.05, 3.63) is 63.7 Å². The van der Waals surface area contributed by atoms with E-state index in [4.69, 9.17) is 16.3 Å². The van der Waals surface area contributed by atoms with Crippen molar-refractivity contribution in [3.63, 3.8) is 0 Å². The van der Waals surface area contributed by atoms with Gasteiger partial charge < -0.3 is 10.1 Å². The lowest BCUT2D eigenvalue weighted by Gasteiger charge is -2.12. The van der Waals surface area contributed by atoms with Gasteiger partial charge in [-0.1, -0.05) is 29.8 Å². The Balaban J connectivity index is 1.78. The van der Waals surface area contributed by atoms with E-state index >= 15 is 0 Å². The predicted octanol–water partition coefficient (Wildman–Crippen LogP) is 4.00. The molecule has 1 amide bonds. The van der Waals surface area contributed by atoms with Gasteiger partial charge in [0.2, 0.25) is 0 Å². The van der Waals surface area contributed by atoms with Crippen molar-refractivity contribution in [2.24, 2.45) is 0 Å². The third-order valence-corrected chi connectivity index (χ3v) is 4.01. The maximum atomic E-state index is 11.9. The van der Waals surface area contributed by atoms with Crippen LogP contribution in [-0.2, 0) is 11.2 Å². The average molecular weight is 332 g/mol. The first-order valence-corrected chi connectivity index (χ1v) is 8.05. The second kappa shape index (κ2) is 8.02. The normalized spacial score (nSPS) is 10.4. The molecular formula is C19H22ClNO2. The Hall–Kier alpha value is -2.00. The van der Waals surface area contributed by atoms with Crippen molar-refractivity contribution in [3.8, 4) is 5.75 Å². The van der Waals surface area contributed by atoms with Gasteiger partial charge in [-0.2, -0.15) is 0 Å². The average Bonchev–Trinajstić information content (AvgIpc) is 2.50. The molecule has 3 nitrogen and oxygen atoms in total. The Morgan fingerprint density at radius 2 is 1.83 bits per heavy atom. The van der Waals surface area contributed by atoms with Crippen molar-refractivity contribution < 1.29 is 9.53 Å². The van der Waals surface area contributed by atoms with E-state index < -0.39 is 0 Å². The lowest BCUT2D eigenvalue weighted by molar-refractivity contribution is -0.123. The van der Waals surface area contributed by atoms with E-state index in [-0.39, 0.29) is 12.5 Å². The number of amides is 1. The van der Waals surface area contributed by atoms with E-state index in [0.717, 1.165) is 28.9 Å². The minimum Gasteiger partial charge on any atom is -0.483 e. The molecule has 122 valence electrons. The second-order valence-corrected chi connectivity index (χ2v) is 6.16. The number of aryl methyl sites for hydroxylation is 3. The number of ether oxygens (including phenoxy) is 1. The van der Waals surface area contributed by atoms with Gasteiger partial charge in [0.05, 0.1) is 0 Å². The summed E-state index contributed by atoms with van der Waals surface area (Å²) in [4.78, 5) is 11.9. The molecule has 0 aliphatic carbocycles. The molecule has 0 radical (unpaired) electrons. The maximum absolute atomic E-state index is 11.9. The number of carbonyl (C=O) groups is 1. The standard InChI is InChI=1S/C19H22ClNO2/c1-13-9-15(3)18(10-14(13)2)23-12-19(22)21-8-7-16-5-4-6-17(20)11-16/h4-6,9-11H,7-8,12H2,1-3H3,(H,21,22). The van der Waals surface area contributed by atoms with E-state index in [0.29, 0.717) is 11.6 Å². The Bertz CT molecular complexity index is 698. The number of rotatable bonds is 6. The van der Waals surface area contributed by atoms with Crippen LogP contribution in [0.25, 0.3) is 0 Å². The smallest absolute Gasteiger partial charge is 0.257 e. The molecule has 23 heavy (non-hydrogen) atoms. The van der Waals surface area contributed by atoms with Gasteiger partial charge in [0.25, 0.3) is 5.91 Å². The highest BCUT2D eigenvalue weighted by Crippen LogP contribution is 2.22. The van der Waals surface area contributed by atoms with Gasteiger partial charge in [-0.15, -0.1) is 0 Å². The first kappa shape index (κ1) is 17.4. The van der Waals surface area contributed by atoms with E-state index in [1.54, 1.807) is 0 Å². The van der Waals surface area contributed by atoms with Crippen LogP contribution >= 0.6 is 11.6 Å². The largest absolute Gasteiger partial charge is 0.483 e. The molecule has 0 unspecified atom stereocenters. The summed E-state index contributed by atoms with van der Waals surface area (Å²) in [5.41, 5.74) is 4.52. The Morgan fingerprint density at radius 3 is 2.57 bits per heavy atom. The van der Waals surface area contributed by atoms with Crippen LogP contribution in [-0.4, -0.2) is 19.1 Å². The van der Waals surface area contributed by atoms with Crippen molar-refractivity contribution >= 4 is 17.5 Å². The third-order valence-electron chi connectivity index (χ3n) is 3.77. The molecule has 0 spiro atoms. The van der Waals surface area contributed by atoms with E-state index in [1.807, 2.05) is 44.2 Å². The molecule has 4 heteroatoms. The van der Waals surface area contributed by atoms with Crippen molar-refractivity contribution in [2.75, 3.05) is 13.2 Å². The Kier molecular flexibility index (Phi) is 6.05. The second-order valence-electron chi connectivity index (χ2n) is 5.72. The quantitative estimate of drug-likeness (QED) is 0.868. The van der Waals surface area contributed by atoms with Crippen LogP contribution in [0, 0.1) is 20.8 Å². The van der Waals surface area contributed by atoms with Gasteiger partial charge in [0, 0.05) is 11.6 Å². The van der Waals surface area contributed by atoms with Crippen LogP contribution < -0.4 is 10.1 Å². The molecule has 1 N–H and O–H groups in total. The lowest BCUT2D eigenvalue weighted by atomic mass is 10.1. The van der Waals surface area contributed by atoms with Crippen LogP contribution in [0.15, 0.2) is 36.4 Å². The number of carbonyl (C=O) groups excluding carboxylic acids is 1. The predicted molar refractivity (Wildman–Crippen MR) is 94.3 cm³/mol. The number of hydrogen-bond acceptors (Lipinski definition) is 2. The molecule has 0 bridgehead atoms. The summed E-state index contributed by atoms with van der Waals surface area (Å²) >= 11 is 5.94. The van der Waals surface area contributed by atoms with Crippen LogP contribution in [0.5, 0.6) is 5.75 Å². The highest BCUT2D eigenvalue weighted by molar-refractivity contribution is 6.30. The lowest BCUT2D eigenvalue weighted by Crippen LogP contribution is -2.30. The molecule has 0 heterocycles. The maximum Gasteiger partial charge on any atom is 0.257 e. The van der Waals surface area contributed by atoms with E-state index in [9.17, 15) is 4.79 Å². The number of nitrogens with one attached hydrogen (secondary N) is 1. The molecule has 2 aromatic carbocycles. The van der Waals surface area contributed by atoms with E-state index in [2.05, 4.69) is 18.3 Å². The first-order valence-electron chi connectivity index (χ1n) is 7.67. The van der Waals surface area contributed by atoms with Crippen LogP contribution in [0.2, 0.25) is 5.02 Å². The molecule has 0 atom stereocenters. The van der Waals surface area contributed by atoms with Gasteiger partial charge in [-0.3, -0.25) is 4.79 Å². The van der Waals surface area contributed by atoms with Crippen molar-refractivity contribution in [1.82, 2.24) is 5.32 Å². The molecule has 0 saturated heterocycles. The summed E-state index contributed by atoms with van der Waals surface area (Å²) in [5, 5.41) is 3.57. The van der Waals surface area contributed by atoms with Gasteiger partial charge in [0.15, 0.2) is 6.61 Å². The highest BCUT2D eigenvalue weighted by Gasteiger charge is 2.06. The van der Waals surface area contributed by atoms with Gasteiger partial charge >= 0.3 is 0 Å². The zero-order valence-electron chi connectivity index (χ0n) is 13.8. The summed E-state index contributed by atoms with van der Waals surface area (Å²) in [6, 6.07) is 11.7. The third kappa shape index (κ3) is 5.29. The summed E-state index contributed by atoms with van der Waals surface area (Å²) in [5.74, 6) is 0.641. The molecule has 0 aliphatic rings. The zero-order valence-corrected chi connectivity index (χ0v) is 14.5. The summed E-state index contributed by atoms with van der Waals surface area (Å²) in [7, 11) is 0. The van der Waals surface area contributed by atoms with Gasteiger partial charge in [0.1, 0.15) is 5.75 Å². The monoisotopic (exact) mass is 331 g/mol. The molecular weight excluding hydrogens is 310 g/mol. The Labute approximate surface area is 142 Å². The van der Waals surface area contributed by atoms with E-state index in [1.165, 1.54) is 5.56 Å². The fourth-order valence-corrected chi connectivity index (χ4v) is 2.54. The topological polar surface area (TPSA) is 38.3 Å². The van der Waals surface area contributed by atoms with Crippen molar-refractivity contribution in [1.29, 1.82) is 0 Å². The first-order chi connectivity index (χ1) is 11.0. The Morgan fingerprint density at radius 1 is 1.09 bits per heavy atom. The molecule has 0 aromatic heterocycles. The fourth-order valence-electron chi connectivity index (χ4n) is 2.32. The summed E-state index contributed by atoms with van der Waals surface area (Å²) < 4.78 is 5.62. The molecule has 2 aromatic rings. The van der Waals surface area contributed by atoms with Gasteiger partial charge in [-0.05, 0) is 67.6 Å². The van der Waals surface area contributed by atoms with Crippen molar-refractivity contribution in [2.45, 2.75) is 27.2 Å². The number of halogens is 1. The fraction of sp³-hybridized carbons (Fsp3) is 0.316. The summed E-state index contributed by atoms with van der Waals surface area (Å²) in [6.45, 7) is 6.67. The molecule has 0 aliphatic heterocycles. The van der Waals surface area contributed by atoms with Crippen LogP contribution in [0.3, 0.4) is 0 Å². The summed E-state index contributed by atoms with van der Waals surface area (Å²) in [6.07, 6.45) is 0.745. The number of hydrogen-bond donors (Lipinski definition) is 1. The highest BCUT2D eigenvalue weighted by atomic mass is 35.5. The molecule has 2 rings (SSSR count). The zero-order chi connectivity index (χ0) is 16.8. The minimum absolute atomic E-state index is 0.0267. The molecule has 0 fully saturated rings. The number of benzene rings is 2. The molecule has 0 saturated carbocycles. The van der Waals surface area contributed by atoms with Gasteiger partial charge in [-0.25, -0.2) is 0 Å².